The van der Waals surface area contributed by atoms with Gasteiger partial charge in [-0.15, -0.1) is 10.2 Å². The van der Waals surface area contributed by atoms with E-state index in [-0.39, 0.29) is 5.60 Å². The maximum Gasteiger partial charge on any atom is 0.159 e. The van der Waals surface area contributed by atoms with Crippen LogP contribution in [0.5, 0.6) is 0 Å². The van der Waals surface area contributed by atoms with E-state index in [0.29, 0.717) is 12.5 Å². The van der Waals surface area contributed by atoms with Crippen molar-refractivity contribution in [3.8, 4) is 0 Å². The van der Waals surface area contributed by atoms with Crippen LogP contribution in [-0.4, -0.2) is 26.9 Å². The van der Waals surface area contributed by atoms with Crippen LogP contribution in [-0.2, 0) is 24.3 Å². The number of nitrogens with two attached hydrogens (primary N) is 1. The molecular formula is C12H22N4O. The van der Waals surface area contributed by atoms with Crippen molar-refractivity contribution in [3.63, 3.8) is 0 Å². The molecule has 0 spiro atoms. The Hall–Kier alpha value is -0.940. The smallest absolute Gasteiger partial charge is 0.159 e. The van der Waals surface area contributed by atoms with E-state index < -0.39 is 0 Å². The van der Waals surface area contributed by atoms with E-state index in [1.807, 2.05) is 20.8 Å². The highest BCUT2D eigenvalue weighted by Crippen LogP contribution is 2.20. The van der Waals surface area contributed by atoms with E-state index in [4.69, 9.17) is 10.5 Å². The van der Waals surface area contributed by atoms with Crippen LogP contribution in [0.4, 0.5) is 0 Å². The number of hydrogen-bond acceptors (Lipinski definition) is 4. The molecule has 0 bridgehead atoms. The van der Waals surface area contributed by atoms with E-state index in [2.05, 4.69) is 14.8 Å². The molecule has 0 aliphatic carbocycles. The molecule has 1 aliphatic heterocycles. The number of ether oxygens (including phenoxy) is 1. The molecular weight excluding hydrogens is 216 g/mol. The minimum Gasteiger partial charge on any atom is -0.368 e. The third kappa shape index (κ3) is 3.04. The van der Waals surface area contributed by atoms with Gasteiger partial charge in [0, 0.05) is 13.0 Å². The maximum atomic E-state index is 5.75. The minimum absolute atomic E-state index is 0.145. The summed E-state index contributed by atoms with van der Waals surface area (Å²) in [5, 5.41) is 8.44. The van der Waals surface area contributed by atoms with Crippen LogP contribution in [0.2, 0.25) is 0 Å². The maximum absolute atomic E-state index is 5.75. The van der Waals surface area contributed by atoms with Crippen molar-refractivity contribution in [1.82, 2.24) is 14.8 Å². The van der Waals surface area contributed by atoms with Gasteiger partial charge < -0.3 is 15.0 Å². The van der Waals surface area contributed by atoms with Crippen LogP contribution >= 0.6 is 0 Å². The summed E-state index contributed by atoms with van der Waals surface area (Å²) >= 11 is 0. The van der Waals surface area contributed by atoms with Crippen molar-refractivity contribution in [2.24, 2.45) is 11.7 Å². The third-order valence-electron chi connectivity index (χ3n) is 3.09. The summed E-state index contributed by atoms with van der Waals surface area (Å²) in [6.45, 7) is 8.32. The Morgan fingerprint density at radius 3 is 2.82 bits per heavy atom. The zero-order chi connectivity index (χ0) is 12.5. The number of nitrogens with zero attached hydrogens (tertiary/aromatic N) is 3. The van der Waals surface area contributed by atoms with Gasteiger partial charge in [-0.05, 0) is 39.7 Å². The second-order valence-electron chi connectivity index (χ2n) is 5.68. The Bertz CT molecular complexity index is 380. The predicted molar refractivity (Wildman–Crippen MR) is 65.4 cm³/mol. The first-order valence-electron chi connectivity index (χ1n) is 6.24. The molecule has 17 heavy (non-hydrogen) atoms. The first kappa shape index (κ1) is 12.5. The molecule has 5 heteroatoms. The monoisotopic (exact) mass is 238 g/mol. The summed E-state index contributed by atoms with van der Waals surface area (Å²) in [4.78, 5) is 0. The Morgan fingerprint density at radius 2 is 2.18 bits per heavy atom. The van der Waals surface area contributed by atoms with Crippen LogP contribution in [0.3, 0.4) is 0 Å². The van der Waals surface area contributed by atoms with Gasteiger partial charge in [-0.2, -0.15) is 0 Å². The Labute approximate surface area is 102 Å². The summed E-state index contributed by atoms with van der Waals surface area (Å²) in [6.07, 6.45) is 2.10. The van der Waals surface area contributed by atoms with Crippen LogP contribution in [0.15, 0.2) is 0 Å². The molecule has 1 unspecified atom stereocenters. The van der Waals surface area contributed by atoms with Crippen molar-refractivity contribution in [1.29, 1.82) is 0 Å². The average molecular weight is 238 g/mol. The van der Waals surface area contributed by atoms with Crippen LogP contribution in [0, 0.1) is 5.92 Å². The number of aryl methyl sites for hydroxylation is 1. The Balaban J connectivity index is 2.07. The molecule has 0 fully saturated rings. The van der Waals surface area contributed by atoms with Gasteiger partial charge in [0.2, 0.25) is 0 Å². The van der Waals surface area contributed by atoms with Gasteiger partial charge in [0.25, 0.3) is 0 Å². The molecule has 1 aromatic heterocycles. The summed E-state index contributed by atoms with van der Waals surface area (Å²) in [6, 6.07) is 0. The van der Waals surface area contributed by atoms with Gasteiger partial charge in [0.15, 0.2) is 5.82 Å². The fraction of sp³-hybridized carbons (Fsp3) is 0.833. The molecule has 0 radical (unpaired) electrons. The van der Waals surface area contributed by atoms with Gasteiger partial charge in [-0.1, -0.05) is 0 Å². The molecule has 2 N–H and O–H groups in total. The molecule has 1 aromatic rings. The summed E-state index contributed by atoms with van der Waals surface area (Å²) in [7, 11) is 0. The molecule has 5 nitrogen and oxygen atoms in total. The van der Waals surface area contributed by atoms with Gasteiger partial charge in [0.05, 0.1) is 5.60 Å². The van der Waals surface area contributed by atoms with Crippen LogP contribution < -0.4 is 5.73 Å². The van der Waals surface area contributed by atoms with Gasteiger partial charge >= 0.3 is 0 Å². The lowest BCUT2D eigenvalue weighted by atomic mass is 10.00. The van der Waals surface area contributed by atoms with E-state index in [0.717, 1.165) is 37.6 Å². The van der Waals surface area contributed by atoms with Crippen molar-refractivity contribution in [2.45, 2.75) is 52.4 Å². The quantitative estimate of drug-likeness (QED) is 0.856. The molecule has 0 aromatic carbocycles. The molecule has 0 saturated carbocycles. The Kier molecular flexibility index (Phi) is 3.49. The SMILES string of the molecule is CC(C)(C)OCc1nnc2n1CC(CN)CC2. The fourth-order valence-corrected chi connectivity index (χ4v) is 2.03. The first-order chi connectivity index (χ1) is 7.99. The zero-order valence-electron chi connectivity index (χ0n) is 10.9. The van der Waals surface area contributed by atoms with E-state index in [9.17, 15) is 0 Å². The molecule has 96 valence electrons. The van der Waals surface area contributed by atoms with Gasteiger partial charge in [-0.25, -0.2) is 0 Å². The number of aromatic nitrogens is 3. The molecule has 1 aliphatic rings. The second kappa shape index (κ2) is 4.74. The standard InChI is InChI=1S/C12H22N4O/c1-12(2,3)17-8-11-15-14-10-5-4-9(6-13)7-16(10)11/h9H,4-8,13H2,1-3H3. The van der Waals surface area contributed by atoms with E-state index in [1.54, 1.807) is 0 Å². The lowest BCUT2D eigenvalue weighted by Crippen LogP contribution is -2.28. The highest BCUT2D eigenvalue weighted by molar-refractivity contribution is 4.99. The van der Waals surface area contributed by atoms with Gasteiger partial charge in [-0.3, -0.25) is 0 Å². The molecule has 2 rings (SSSR count). The summed E-state index contributed by atoms with van der Waals surface area (Å²) in [5.41, 5.74) is 5.59. The summed E-state index contributed by atoms with van der Waals surface area (Å²) in [5.74, 6) is 2.54. The summed E-state index contributed by atoms with van der Waals surface area (Å²) < 4.78 is 7.93. The Morgan fingerprint density at radius 1 is 1.41 bits per heavy atom. The van der Waals surface area contributed by atoms with E-state index >= 15 is 0 Å². The number of rotatable bonds is 3. The molecule has 1 atom stereocenters. The molecule has 0 saturated heterocycles. The normalized spacial score (nSPS) is 20.4. The van der Waals surface area contributed by atoms with Crippen molar-refractivity contribution in [2.75, 3.05) is 6.54 Å². The first-order valence-corrected chi connectivity index (χ1v) is 6.24. The predicted octanol–water partition coefficient (Wildman–Crippen LogP) is 1.11. The average Bonchev–Trinajstić information content (AvgIpc) is 2.67. The molecule has 0 amide bonds. The van der Waals surface area contributed by atoms with Crippen molar-refractivity contribution >= 4 is 0 Å². The minimum atomic E-state index is -0.145. The highest BCUT2D eigenvalue weighted by atomic mass is 16.5. The van der Waals surface area contributed by atoms with Gasteiger partial charge in [0.1, 0.15) is 12.4 Å². The highest BCUT2D eigenvalue weighted by Gasteiger charge is 2.22. The zero-order valence-corrected chi connectivity index (χ0v) is 10.9. The third-order valence-corrected chi connectivity index (χ3v) is 3.09. The number of hydrogen-bond donors (Lipinski definition) is 1. The van der Waals surface area contributed by atoms with Crippen LogP contribution in [0.1, 0.15) is 38.8 Å². The van der Waals surface area contributed by atoms with Crippen molar-refractivity contribution in [3.05, 3.63) is 11.6 Å². The largest absolute Gasteiger partial charge is 0.368 e. The topological polar surface area (TPSA) is 66.0 Å². The lowest BCUT2D eigenvalue weighted by Gasteiger charge is -2.24. The van der Waals surface area contributed by atoms with Crippen molar-refractivity contribution < 1.29 is 4.74 Å². The lowest BCUT2D eigenvalue weighted by molar-refractivity contribution is -0.0198. The van der Waals surface area contributed by atoms with Crippen LogP contribution in [0.25, 0.3) is 0 Å². The second-order valence-corrected chi connectivity index (χ2v) is 5.68. The number of fused-ring (bicyclic) bond motifs is 1. The fourth-order valence-electron chi connectivity index (χ4n) is 2.03. The van der Waals surface area contributed by atoms with E-state index in [1.165, 1.54) is 0 Å². The molecule has 2 heterocycles.